The smallest absolute Gasteiger partial charge is 0.316 e. The maximum absolute atomic E-state index is 12.8. The van der Waals surface area contributed by atoms with Gasteiger partial charge in [-0.05, 0) is 30.7 Å². The Bertz CT molecular complexity index is 554. The molecule has 2 aromatic rings. The zero-order valence-electron chi connectivity index (χ0n) is 9.97. The number of amides is 1. The molecule has 2 rings (SSSR count). The van der Waals surface area contributed by atoms with E-state index in [1.165, 1.54) is 24.3 Å². The Morgan fingerprint density at radius 2 is 2.11 bits per heavy atom. The molecule has 0 fully saturated rings. The van der Waals surface area contributed by atoms with E-state index in [2.05, 4.69) is 15.5 Å². The number of aliphatic hydroxyl groups is 1. The van der Waals surface area contributed by atoms with Crippen LogP contribution in [0.15, 0.2) is 28.8 Å². The second-order valence-electron chi connectivity index (χ2n) is 3.76. The van der Waals surface area contributed by atoms with Gasteiger partial charge in [0.25, 0.3) is 0 Å². The molecular formula is C12H12FN3O3. The second-order valence-corrected chi connectivity index (χ2v) is 3.76. The van der Waals surface area contributed by atoms with Crippen molar-refractivity contribution in [2.75, 3.05) is 13.2 Å². The average Bonchev–Trinajstić information content (AvgIpc) is 2.89. The fourth-order valence-corrected chi connectivity index (χ4v) is 1.39. The highest BCUT2D eigenvalue weighted by atomic mass is 19.1. The number of rotatable bonds is 5. The van der Waals surface area contributed by atoms with E-state index in [4.69, 9.17) is 9.63 Å². The Kier molecular flexibility index (Phi) is 4.19. The van der Waals surface area contributed by atoms with Crippen LogP contribution in [-0.4, -0.2) is 34.3 Å². The standard InChI is InChI=1S/C12H12FN3O3/c13-9-4-2-8(3-5-9)10-15-12(19-16-10)11(18)14-6-1-7-17/h2-5,17H,1,6-7H2,(H,14,18). The number of halogens is 1. The van der Waals surface area contributed by atoms with E-state index >= 15 is 0 Å². The van der Waals surface area contributed by atoms with E-state index in [1.807, 2.05) is 0 Å². The van der Waals surface area contributed by atoms with Gasteiger partial charge in [0, 0.05) is 18.7 Å². The van der Waals surface area contributed by atoms with Gasteiger partial charge in [0.15, 0.2) is 0 Å². The first kappa shape index (κ1) is 13.2. The SMILES string of the molecule is O=C(NCCCO)c1nc(-c2ccc(F)cc2)no1. The molecule has 19 heavy (non-hydrogen) atoms. The maximum atomic E-state index is 12.8. The van der Waals surface area contributed by atoms with Crippen LogP contribution in [0.1, 0.15) is 17.1 Å². The minimum atomic E-state index is -0.505. The Morgan fingerprint density at radius 3 is 2.79 bits per heavy atom. The molecule has 0 aliphatic heterocycles. The van der Waals surface area contributed by atoms with E-state index in [1.54, 1.807) is 0 Å². The summed E-state index contributed by atoms with van der Waals surface area (Å²) in [6.45, 7) is 0.314. The van der Waals surface area contributed by atoms with Crippen LogP contribution in [0.2, 0.25) is 0 Å². The van der Waals surface area contributed by atoms with Crippen molar-refractivity contribution in [1.82, 2.24) is 15.5 Å². The zero-order chi connectivity index (χ0) is 13.7. The van der Waals surface area contributed by atoms with Crippen LogP contribution in [0.25, 0.3) is 11.4 Å². The van der Waals surface area contributed by atoms with Gasteiger partial charge in [-0.25, -0.2) is 4.39 Å². The molecular weight excluding hydrogens is 253 g/mol. The number of benzene rings is 1. The van der Waals surface area contributed by atoms with Crippen LogP contribution in [0.3, 0.4) is 0 Å². The van der Waals surface area contributed by atoms with Crippen molar-refractivity contribution in [1.29, 1.82) is 0 Å². The van der Waals surface area contributed by atoms with Gasteiger partial charge in [0.2, 0.25) is 5.82 Å². The zero-order valence-corrected chi connectivity index (χ0v) is 9.97. The molecule has 6 nitrogen and oxygen atoms in total. The molecule has 0 spiro atoms. The minimum absolute atomic E-state index is 0.00899. The number of hydrogen-bond donors (Lipinski definition) is 2. The topological polar surface area (TPSA) is 88.2 Å². The highest BCUT2D eigenvalue weighted by molar-refractivity contribution is 5.89. The van der Waals surface area contributed by atoms with Crippen molar-refractivity contribution >= 4 is 5.91 Å². The van der Waals surface area contributed by atoms with E-state index in [9.17, 15) is 9.18 Å². The number of nitrogens with zero attached hydrogens (tertiary/aromatic N) is 2. The largest absolute Gasteiger partial charge is 0.396 e. The fourth-order valence-electron chi connectivity index (χ4n) is 1.39. The Hall–Kier alpha value is -2.28. The molecule has 0 saturated carbocycles. The van der Waals surface area contributed by atoms with E-state index < -0.39 is 5.91 Å². The average molecular weight is 265 g/mol. The maximum Gasteiger partial charge on any atom is 0.316 e. The lowest BCUT2D eigenvalue weighted by Gasteiger charge is -1.98. The van der Waals surface area contributed by atoms with Gasteiger partial charge in [-0.3, -0.25) is 4.79 Å². The monoisotopic (exact) mass is 265 g/mol. The third-order valence-electron chi connectivity index (χ3n) is 2.34. The summed E-state index contributed by atoms with van der Waals surface area (Å²) in [5.41, 5.74) is 0.555. The molecule has 0 atom stereocenters. The summed E-state index contributed by atoms with van der Waals surface area (Å²) in [6, 6.07) is 5.53. The van der Waals surface area contributed by atoms with Gasteiger partial charge in [-0.15, -0.1) is 0 Å². The summed E-state index contributed by atoms with van der Waals surface area (Å²) in [7, 11) is 0. The predicted molar refractivity (Wildman–Crippen MR) is 63.7 cm³/mol. The van der Waals surface area contributed by atoms with Crippen LogP contribution < -0.4 is 5.32 Å². The lowest BCUT2D eigenvalue weighted by molar-refractivity contribution is 0.0907. The normalized spacial score (nSPS) is 10.4. The molecule has 100 valence electrons. The van der Waals surface area contributed by atoms with Crippen molar-refractivity contribution in [3.05, 3.63) is 36.0 Å². The predicted octanol–water partition coefficient (Wildman–Crippen LogP) is 0.988. The van der Waals surface area contributed by atoms with Crippen LogP contribution in [-0.2, 0) is 0 Å². The number of carbonyl (C=O) groups is 1. The number of aliphatic hydroxyl groups excluding tert-OH is 1. The third kappa shape index (κ3) is 3.35. The summed E-state index contributed by atoms with van der Waals surface area (Å²) in [5, 5.41) is 14.8. The van der Waals surface area contributed by atoms with Crippen LogP contribution in [0.4, 0.5) is 4.39 Å². The highest BCUT2D eigenvalue weighted by Gasteiger charge is 2.15. The lowest BCUT2D eigenvalue weighted by Crippen LogP contribution is -2.25. The number of hydrogen-bond acceptors (Lipinski definition) is 5. The summed E-state index contributed by atoms with van der Waals surface area (Å²) < 4.78 is 17.6. The van der Waals surface area contributed by atoms with Gasteiger partial charge in [0.1, 0.15) is 5.82 Å². The minimum Gasteiger partial charge on any atom is -0.396 e. The van der Waals surface area contributed by atoms with Crippen molar-refractivity contribution in [3.63, 3.8) is 0 Å². The molecule has 0 saturated heterocycles. The van der Waals surface area contributed by atoms with Gasteiger partial charge < -0.3 is 14.9 Å². The molecule has 0 radical (unpaired) electrons. The first-order valence-electron chi connectivity index (χ1n) is 5.69. The van der Waals surface area contributed by atoms with Gasteiger partial charge >= 0.3 is 11.8 Å². The quantitative estimate of drug-likeness (QED) is 0.787. The third-order valence-corrected chi connectivity index (χ3v) is 2.34. The molecule has 2 N–H and O–H groups in total. The molecule has 0 aliphatic carbocycles. The second kappa shape index (κ2) is 6.05. The van der Waals surface area contributed by atoms with Gasteiger partial charge in [-0.1, -0.05) is 5.16 Å². The van der Waals surface area contributed by atoms with Crippen molar-refractivity contribution in [3.8, 4) is 11.4 Å². The molecule has 0 aliphatic rings. The van der Waals surface area contributed by atoms with Crippen LogP contribution >= 0.6 is 0 Å². The van der Waals surface area contributed by atoms with E-state index in [0.717, 1.165) is 0 Å². The van der Waals surface area contributed by atoms with E-state index in [0.29, 0.717) is 18.5 Å². The molecule has 1 amide bonds. The lowest BCUT2D eigenvalue weighted by atomic mass is 10.2. The van der Waals surface area contributed by atoms with Gasteiger partial charge in [0.05, 0.1) is 0 Å². The number of aromatic nitrogens is 2. The summed E-state index contributed by atoms with van der Waals surface area (Å²) >= 11 is 0. The van der Waals surface area contributed by atoms with Crippen LogP contribution in [0.5, 0.6) is 0 Å². The Balaban J connectivity index is 2.06. The molecule has 1 heterocycles. The van der Waals surface area contributed by atoms with Crippen LogP contribution in [0, 0.1) is 5.82 Å². The van der Waals surface area contributed by atoms with E-state index in [-0.39, 0.29) is 24.1 Å². The summed E-state index contributed by atoms with van der Waals surface area (Å²) in [5.74, 6) is -0.826. The number of nitrogens with one attached hydrogen (secondary N) is 1. The van der Waals surface area contributed by atoms with Crippen molar-refractivity contribution in [2.24, 2.45) is 0 Å². The summed E-state index contributed by atoms with van der Waals surface area (Å²) in [6.07, 6.45) is 0.449. The van der Waals surface area contributed by atoms with Crippen molar-refractivity contribution in [2.45, 2.75) is 6.42 Å². The summed E-state index contributed by atoms with van der Waals surface area (Å²) in [4.78, 5) is 15.5. The number of carbonyl (C=O) groups excluding carboxylic acids is 1. The molecule has 1 aromatic heterocycles. The van der Waals surface area contributed by atoms with Crippen molar-refractivity contribution < 1.29 is 18.8 Å². The Labute approximate surface area is 108 Å². The molecule has 1 aromatic carbocycles. The molecule has 0 unspecified atom stereocenters. The highest BCUT2D eigenvalue weighted by Crippen LogP contribution is 2.15. The first-order chi connectivity index (χ1) is 9.20. The Morgan fingerprint density at radius 1 is 1.37 bits per heavy atom. The molecule has 0 bridgehead atoms. The van der Waals surface area contributed by atoms with Gasteiger partial charge in [-0.2, -0.15) is 4.98 Å². The molecule has 7 heteroatoms. The fraction of sp³-hybridized carbons (Fsp3) is 0.250. The first-order valence-corrected chi connectivity index (χ1v) is 5.69.